The molecular weight excluding hydrogens is 1780 g/mol. The molecule has 3 aliphatic heterocycles. The predicted molar refractivity (Wildman–Crippen MR) is 491 cm³/mol. The number of benzene rings is 3. The number of nitrogens with zero attached hydrogens (tertiary/aromatic N) is 6. The molecule has 3 saturated heterocycles. The fourth-order valence-electron chi connectivity index (χ4n) is 16.1. The highest BCUT2D eigenvalue weighted by atomic mass is 32.2. The second kappa shape index (κ2) is 49.9. The number of rotatable bonds is 25. The van der Waals surface area contributed by atoms with E-state index < -0.39 is 248 Å². The highest BCUT2D eigenvalue weighted by Gasteiger charge is 2.47. The van der Waals surface area contributed by atoms with Crippen LogP contribution in [0.5, 0.6) is 5.75 Å². The van der Waals surface area contributed by atoms with Crippen molar-refractivity contribution in [1.29, 1.82) is 5.41 Å². The van der Waals surface area contributed by atoms with Crippen LogP contribution in [0.2, 0.25) is 0 Å². The number of fused-ring (bicyclic) bond motifs is 4. The number of imidazole rings is 1. The number of aliphatic hydroxyl groups excluding tert-OH is 3. The van der Waals surface area contributed by atoms with E-state index in [0.717, 1.165) is 36.3 Å². The molecule has 3 fully saturated rings. The first-order chi connectivity index (χ1) is 63.9. The molecule has 3 aromatic heterocycles. The highest BCUT2D eigenvalue weighted by molar-refractivity contribution is 8.00. The smallest absolute Gasteiger partial charge is 0.248 e. The quantitative estimate of drug-likeness (QED) is 0.0144. The molecule has 25 N–H and O–H groups in total. The Morgan fingerprint density at radius 1 is 0.560 bits per heavy atom. The second-order valence-corrected chi connectivity index (χ2v) is 35.2. The van der Waals surface area contributed by atoms with E-state index in [1.807, 2.05) is 6.92 Å². The van der Waals surface area contributed by atoms with E-state index in [-0.39, 0.29) is 94.5 Å². The van der Waals surface area contributed by atoms with Gasteiger partial charge in [-0.25, -0.2) is 4.98 Å². The summed E-state index contributed by atoms with van der Waals surface area (Å²) in [5, 5.41) is 81.1. The average molecular weight is 1900 g/mol. The number of phenols is 1. The van der Waals surface area contributed by atoms with Gasteiger partial charge in [-0.2, -0.15) is 11.8 Å². The zero-order valence-corrected chi connectivity index (χ0v) is 76.8. The molecule has 2 unspecified atom stereocenters. The van der Waals surface area contributed by atoms with Crippen molar-refractivity contribution in [2.45, 2.75) is 194 Å². The number of unbranched alkanes of at least 4 members (excludes halogenated alkanes) is 1. The molecule has 134 heavy (non-hydrogen) atoms. The zero-order valence-electron chi connectivity index (χ0n) is 75.1. The van der Waals surface area contributed by atoms with Gasteiger partial charge >= 0.3 is 0 Å². The van der Waals surface area contributed by atoms with Gasteiger partial charge in [-0.05, 0) is 98.4 Å². The van der Waals surface area contributed by atoms with Gasteiger partial charge in [0.1, 0.15) is 90.3 Å². The number of primary amides is 2. The number of aromatic amines is 3. The van der Waals surface area contributed by atoms with Crippen LogP contribution in [0.4, 0.5) is 0 Å². The van der Waals surface area contributed by atoms with Crippen molar-refractivity contribution in [3.63, 3.8) is 0 Å². The summed E-state index contributed by atoms with van der Waals surface area (Å²) in [5.41, 5.74) is 19.5. The van der Waals surface area contributed by atoms with E-state index in [1.54, 1.807) is 67.2 Å². The average Bonchev–Trinajstić information content (AvgIpc) is 1.67. The largest absolute Gasteiger partial charge is 0.508 e. The number of aromatic nitrogens is 4. The number of phenolic OH excluding ortho intramolecular Hbond substituents is 1. The predicted octanol–water partition coefficient (Wildman–Crippen LogP) is -5.42. The Labute approximate surface area is 779 Å². The second-order valence-electron chi connectivity index (χ2n) is 33.2. The molecule has 0 spiro atoms. The molecule has 0 aliphatic carbocycles. The molecule has 726 valence electrons. The maximum absolute atomic E-state index is 15.7. The van der Waals surface area contributed by atoms with Gasteiger partial charge in [0.2, 0.25) is 100 Å². The van der Waals surface area contributed by atoms with Crippen LogP contribution in [0, 0.1) is 5.41 Å². The van der Waals surface area contributed by atoms with Gasteiger partial charge in [0, 0.05) is 125 Å². The lowest BCUT2D eigenvalue weighted by atomic mass is 10.0. The van der Waals surface area contributed by atoms with Crippen LogP contribution in [-0.2, 0) is 107 Å². The van der Waals surface area contributed by atoms with Crippen molar-refractivity contribution in [3.8, 4) is 5.75 Å². The summed E-state index contributed by atoms with van der Waals surface area (Å²) in [6, 6.07) is -3.38. The van der Waals surface area contributed by atoms with E-state index in [0.29, 0.717) is 51.3 Å². The minimum atomic E-state index is -1.93. The summed E-state index contributed by atoms with van der Waals surface area (Å²) < 4.78 is 0. The number of aromatic hydroxyl groups is 1. The van der Waals surface area contributed by atoms with Crippen molar-refractivity contribution in [1.82, 2.24) is 103 Å². The number of nitrogens with one attached hydrogen (secondary N) is 15. The Morgan fingerprint density at radius 2 is 1.11 bits per heavy atom. The summed E-state index contributed by atoms with van der Waals surface area (Å²) in [6.45, 7) is -0.688. The maximum atomic E-state index is 15.7. The van der Waals surface area contributed by atoms with Gasteiger partial charge in [-0.3, -0.25) is 86.9 Å². The van der Waals surface area contributed by atoms with Crippen molar-refractivity contribution in [3.05, 3.63) is 120 Å². The number of likely N-dealkylation sites (N-methyl/N-ethyl adjacent to an activating group) is 3. The molecule has 45 nitrogen and oxygen atoms in total. The van der Waals surface area contributed by atoms with E-state index in [1.165, 1.54) is 76.6 Å². The van der Waals surface area contributed by atoms with Gasteiger partial charge in [0.05, 0.1) is 44.4 Å². The van der Waals surface area contributed by atoms with E-state index in [2.05, 4.69) is 78.4 Å². The zero-order chi connectivity index (χ0) is 97.7. The van der Waals surface area contributed by atoms with Gasteiger partial charge in [0.25, 0.3) is 0 Å². The van der Waals surface area contributed by atoms with Gasteiger partial charge in [-0.15, -0.1) is 11.8 Å². The number of carbonyl (C=O) groups is 17. The van der Waals surface area contributed by atoms with E-state index in [9.17, 15) is 73.2 Å². The number of aliphatic hydroxyl groups is 3. The van der Waals surface area contributed by atoms with E-state index >= 15 is 28.8 Å². The Balaban J connectivity index is 1.09. The molecule has 6 aromatic rings. The molecule has 0 bridgehead atoms. The Kier molecular flexibility index (Phi) is 38.8. The van der Waals surface area contributed by atoms with Crippen molar-refractivity contribution in [2.24, 2.45) is 17.2 Å². The van der Waals surface area contributed by atoms with Gasteiger partial charge in [-0.1, -0.05) is 68.3 Å². The normalized spacial score (nSPS) is 24.8. The fraction of sp³-hybridized carbons (Fsp3) is 0.506. The Hall–Kier alpha value is -13.4. The Bertz CT molecular complexity index is 5200. The molecule has 9 rings (SSSR count). The van der Waals surface area contributed by atoms with Crippen LogP contribution in [0.1, 0.15) is 100 Å². The SMILES string of the molecule is CCCC[C@H]1C(=O)N(C)[C@@H](CCSC)C(=O)N[C@@H](CCCNC(=N)N)C(=O)NC(C(=O)NCC(N)=O)CSCC(=O)N[C@@H](Cc2ccc(O)cc2)C(=O)N(C)[C@@H](C)C(=O)N[C@@H](CC(N)=O)C(=O)N2CCC[C@H]2C(=O)N[C@@H](Cc2cnc[nH]2)C(=O)N[C@@H](CO)C(=O)N2C[C@H](O)CC2C(=O)N[C@@H](Cc2c[nH]c3ccccc23)C(=O)N[C@@H](CO)C(=O)N[C@@H](Cc2c[nH]c3ccccc23)C(=O)N1C. The van der Waals surface area contributed by atoms with Crippen LogP contribution < -0.4 is 75.7 Å². The maximum Gasteiger partial charge on any atom is 0.248 e. The first-order valence-corrected chi connectivity index (χ1v) is 46.4. The third-order valence-corrected chi connectivity index (χ3v) is 25.2. The summed E-state index contributed by atoms with van der Waals surface area (Å²) in [5.74, 6) is -18.4. The van der Waals surface area contributed by atoms with Crippen molar-refractivity contribution < 1.29 is 102 Å². The lowest BCUT2D eigenvalue weighted by molar-refractivity contribution is -0.149. The number of carbonyl (C=O) groups excluding carboxylic acids is 17. The summed E-state index contributed by atoms with van der Waals surface area (Å²) in [6.07, 6.45) is 4.00. The molecule has 3 aliphatic rings. The third kappa shape index (κ3) is 28.6. The van der Waals surface area contributed by atoms with Crippen LogP contribution in [0.25, 0.3) is 21.8 Å². The van der Waals surface area contributed by atoms with Crippen molar-refractivity contribution >= 4 is 152 Å². The lowest BCUT2D eigenvalue weighted by Gasteiger charge is -2.36. The Morgan fingerprint density at radius 3 is 1.72 bits per heavy atom. The molecule has 47 heteroatoms. The summed E-state index contributed by atoms with van der Waals surface area (Å²) >= 11 is 2.05. The molecule has 0 saturated carbocycles. The van der Waals surface area contributed by atoms with Crippen LogP contribution in [0.15, 0.2) is 97.7 Å². The highest BCUT2D eigenvalue weighted by Crippen LogP contribution is 2.28. The number of amides is 17. The standard InChI is InChI=1S/C87H120N24O21S2/c1-7-8-20-68-86(132)108(4)66(26-29-133-6)79(125)99-57(19-13-27-93-87(90)91)75(121)106-65(74(120)96-39-71(89)117)43-134-44-72(118)98-60(30-47-22-24-51(114)25-23-47)82(128)107(3)46(2)73(119)102-62(35-70(88)116)84(130)110-28-14-21-67(110)80(126)101-59(33-50-38-92-45-97-50)77(123)105-64(42-113)85(131)111-40-52(115)34-69(111)81(127)100-58(31-48-36-94-55-17-11-9-15-53(48)55)76(122)104-63(41-112)78(124)103-61(83(129)109(68)5)32-49-37-95-56-18-12-10-16-54(49)56/h9-12,15-18,22-25,36-38,45-46,52,57-69,94-95,112-115H,7-8,13-14,19-21,26-35,39-44H2,1-6H3,(H2,88,116)(H2,89,117)(H,92,97)(H,96,120)(H,98,118)(H,99,125)(H,100,127)(H,101,126)(H,102,119)(H,103,124)(H,104,122)(H,105,123)(H,106,121)(H4,90,91,93)/t46-,52+,57-,58-,59-,60-,61-,62-,63-,64-,65?,66-,67-,68-,69?/m0/s1. The number of para-hydroxylation sites is 2. The number of guanidine groups is 1. The van der Waals surface area contributed by atoms with Crippen LogP contribution in [-0.4, -0.2) is 346 Å². The third-order valence-electron chi connectivity index (χ3n) is 23.6. The van der Waals surface area contributed by atoms with Crippen molar-refractivity contribution in [2.75, 3.05) is 84.1 Å². The first-order valence-electron chi connectivity index (χ1n) is 43.8. The monoisotopic (exact) mass is 1900 g/mol. The van der Waals surface area contributed by atoms with Crippen LogP contribution >= 0.6 is 23.5 Å². The topological polar surface area (TPSA) is 682 Å². The number of thioether (sulfide) groups is 2. The van der Waals surface area contributed by atoms with E-state index in [4.69, 9.17) is 22.6 Å². The fourth-order valence-corrected chi connectivity index (χ4v) is 17.4. The first kappa shape index (κ1) is 104. The number of hydrogen-bond acceptors (Lipinski definition) is 25. The minimum absolute atomic E-state index is 0.0230. The minimum Gasteiger partial charge on any atom is -0.508 e. The molecule has 15 atom stereocenters. The molecule has 6 heterocycles. The van der Waals surface area contributed by atoms with Gasteiger partial charge in [0.15, 0.2) is 5.96 Å². The van der Waals surface area contributed by atoms with Crippen LogP contribution in [0.3, 0.4) is 0 Å². The lowest BCUT2D eigenvalue weighted by Crippen LogP contribution is -2.62. The molecule has 3 aromatic carbocycles. The van der Waals surface area contributed by atoms with Gasteiger partial charge < -0.3 is 136 Å². The number of H-pyrrole nitrogens is 3. The summed E-state index contributed by atoms with van der Waals surface area (Å²) in [7, 11) is 3.84. The molecule has 0 radical (unpaired) electrons. The molecular formula is C87H120N24O21S2. The molecule has 17 amide bonds. The summed E-state index contributed by atoms with van der Waals surface area (Å²) in [4.78, 5) is 267. The number of nitrogens with two attached hydrogens (primary N) is 3. The number of hydrogen-bond donors (Lipinski definition) is 22.